The van der Waals surface area contributed by atoms with Gasteiger partial charge in [0.2, 0.25) is 5.91 Å². The van der Waals surface area contributed by atoms with Crippen LogP contribution >= 0.6 is 0 Å². The molecule has 2 aliphatic rings. The number of carbonyl (C=O) groups is 3. The van der Waals surface area contributed by atoms with Crippen LogP contribution < -0.4 is 20.1 Å². The molecule has 3 atom stereocenters. The second kappa shape index (κ2) is 12.5. The number of amides is 2. The summed E-state index contributed by atoms with van der Waals surface area (Å²) < 4.78 is 31.5. The van der Waals surface area contributed by atoms with E-state index in [2.05, 4.69) is 10.6 Å². The van der Waals surface area contributed by atoms with E-state index in [4.69, 9.17) is 14.2 Å². The molecule has 4 N–H and O–H groups in total. The van der Waals surface area contributed by atoms with Crippen molar-refractivity contribution >= 4 is 17.8 Å². The Bertz CT molecular complexity index is 1050. The van der Waals surface area contributed by atoms with Crippen molar-refractivity contribution < 1.29 is 43.2 Å². The van der Waals surface area contributed by atoms with Gasteiger partial charge in [0.15, 0.2) is 11.6 Å². The Hall–Kier alpha value is -2.92. The summed E-state index contributed by atoms with van der Waals surface area (Å²) >= 11 is 0. The zero-order chi connectivity index (χ0) is 29.0. The number of aliphatic hydroxyl groups excluding tert-OH is 1. The number of aliphatic carboxylic acids is 1. The zero-order valence-corrected chi connectivity index (χ0v) is 23.3. The van der Waals surface area contributed by atoms with E-state index in [-0.39, 0.29) is 47.3 Å². The lowest BCUT2D eigenvalue weighted by Crippen LogP contribution is -2.45. The minimum absolute atomic E-state index is 0.0150. The fourth-order valence-corrected chi connectivity index (χ4v) is 5.22. The summed E-state index contributed by atoms with van der Waals surface area (Å²) in [5.41, 5.74) is -1.27. The van der Waals surface area contributed by atoms with Gasteiger partial charge in [-0.25, -0.2) is 4.39 Å². The molecule has 1 aromatic carbocycles. The Morgan fingerprint density at radius 2 is 1.74 bits per heavy atom. The topological polar surface area (TPSA) is 143 Å². The van der Waals surface area contributed by atoms with Crippen LogP contribution in [-0.4, -0.2) is 73.6 Å². The van der Waals surface area contributed by atoms with Crippen molar-refractivity contribution in [2.75, 3.05) is 27.4 Å². The highest BCUT2D eigenvalue weighted by Gasteiger charge is 2.43. The predicted molar refractivity (Wildman–Crippen MR) is 140 cm³/mol. The molecule has 0 aromatic heterocycles. The van der Waals surface area contributed by atoms with Crippen molar-refractivity contribution in [3.8, 4) is 11.5 Å². The molecule has 1 unspecified atom stereocenters. The molecule has 10 nitrogen and oxygen atoms in total. The largest absolute Gasteiger partial charge is 0.496 e. The first kappa shape index (κ1) is 30.6. The predicted octanol–water partition coefficient (Wildman–Crippen LogP) is 2.90. The van der Waals surface area contributed by atoms with E-state index >= 15 is 0 Å². The standard InChI is InChI=1S/C28H41FN2O8/c1-27(2,3)14-30-24(33)18-10-17(37-4)11-21(18)31-25(34)19-12-23(20(29)13-22(19)38-5)39-16-6-8-28(15-32,9-7-16)26(35)36/h12-13,16-18,21,32H,6-11,14-15H2,1-5H3,(H,30,33)(H,31,34)(H,35,36)/t16?,17-,18?,21+,28?/m1/s1. The summed E-state index contributed by atoms with van der Waals surface area (Å²) in [5.74, 6) is -3.12. The molecule has 2 amide bonds. The van der Waals surface area contributed by atoms with Crippen LogP contribution in [0, 0.1) is 22.6 Å². The van der Waals surface area contributed by atoms with E-state index in [1.165, 1.54) is 13.2 Å². The minimum Gasteiger partial charge on any atom is -0.496 e. The Morgan fingerprint density at radius 1 is 1.08 bits per heavy atom. The lowest BCUT2D eigenvalue weighted by atomic mass is 9.74. The van der Waals surface area contributed by atoms with Crippen LogP contribution in [0.2, 0.25) is 0 Å². The van der Waals surface area contributed by atoms with Crippen molar-refractivity contribution in [2.45, 2.75) is 77.5 Å². The Labute approximate surface area is 228 Å². The van der Waals surface area contributed by atoms with Gasteiger partial charge in [-0.1, -0.05) is 20.8 Å². The van der Waals surface area contributed by atoms with Gasteiger partial charge in [-0.15, -0.1) is 0 Å². The van der Waals surface area contributed by atoms with E-state index in [9.17, 15) is 29.0 Å². The molecule has 0 saturated heterocycles. The monoisotopic (exact) mass is 552 g/mol. The summed E-state index contributed by atoms with van der Waals surface area (Å²) in [7, 11) is 2.89. The van der Waals surface area contributed by atoms with Crippen molar-refractivity contribution in [3.05, 3.63) is 23.5 Å². The summed E-state index contributed by atoms with van der Waals surface area (Å²) in [6, 6.07) is 1.84. The number of carboxylic acids is 1. The normalized spacial score (nSPS) is 27.1. The molecular formula is C28H41FN2O8. The molecule has 0 heterocycles. The maximum absolute atomic E-state index is 14.9. The van der Waals surface area contributed by atoms with Crippen molar-refractivity contribution in [1.82, 2.24) is 10.6 Å². The average Bonchev–Trinajstić information content (AvgIpc) is 3.30. The van der Waals surface area contributed by atoms with Crippen LogP contribution in [0.5, 0.6) is 11.5 Å². The van der Waals surface area contributed by atoms with Crippen molar-refractivity contribution in [3.63, 3.8) is 0 Å². The first-order chi connectivity index (χ1) is 18.3. The first-order valence-corrected chi connectivity index (χ1v) is 13.3. The minimum atomic E-state index is -1.22. The number of rotatable bonds is 10. The van der Waals surface area contributed by atoms with E-state index in [0.29, 0.717) is 32.2 Å². The molecule has 11 heteroatoms. The number of carbonyl (C=O) groups excluding carboxylic acids is 2. The fraction of sp³-hybridized carbons (Fsp3) is 0.679. The zero-order valence-electron chi connectivity index (χ0n) is 23.3. The SMILES string of the molecule is COc1cc(F)c(OC2CCC(CO)(C(=O)O)CC2)cc1C(=O)N[C@H]1C[C@H](OC)CC1C(=O)NCC(C)(C)C. The second-order valence-corrected chi connectivity index (χ2v) is 11.8. The van der Waals surface area contributed by atoms with Crippen molar-refractivity contribution in [2.24, 2.45) is 16.7 Å². The van der Waals surface area contributed by atoms with Gasteiger partial charge < -0.3 is 35.1 Å². The molecule has 218 valence electrons. The van der Waals surface area contributed by atoms with Crippen LogP contribution in [-0.2, 0) is 14.3 Å². The van der Waals surface area contributed by atoms with Gasteiger partial charge in [0.05, 0.1) is 42.8 Å². The van der Waals surface area contributed by atoms with Crippen LogP contribution in [0.25, 0.3) is 0 Å². The third kappa shape index (κ3) is 7.39. The Morgan fingerprint density at radius 3 is 2.28 bits per heavy atom. The summed E-state index contributed by atoms with van der Waals surface area (Å²) in [5, 5.41) is 24.9. The first-order valence-electron chi connectivity index (χ1n) is 13.3. The second-order valence-electron chi connectivity index (χ2n) is 11.8. The smallest absolute Gasteiger partial charge is 0.311 e. The van der Waals surface area contributed by atoms with E-state index in [1.54, 1.807) is 7.11 Å². The number of benzene rings is 1. The van der Waals surface area contributed by atoms with Gasteiger partial charge >= 0.3 is 5.97 Å². The molecule has 0 spiro atoms. The van der Waals surface area contributed by atoms with E-state index in [0.717, 1.165) is 6.07 Å². The molecule has 0 aliphatic heterocycles. The average molecular weight is 553 g/mol. The highest BCUT2D eigenvalue weighted by molar-refractivity contribution is 5.98. The van der Waals surface area contributed by atoms with Gasteiger partial charge in [0, 0.05) is 25.8 Å². The third-order valence-corrected chi connectivity index (χ3v) is 7.74. The third-order valence-electron chi connectivity index (χ3n) is 7.74. The van der Waals surface area contributed by atoms with Crippen LogP contribution in [0.3, 0.4) is 0 Å². The maximum atomic E-state index is 14.9. The molecule has 1 aromatic rings. The molecule has 2 fully saturated rings. The Balaban J connectivity index is 1.75. The maximum Gasteiger partial charge on any atom is 0.311 e. The molecule has 2 aliphatic carbocycles. The number of carboxylic acid groups (broad SMARTS) is 1. The van der Waals surface area contributed by atoms with E-state index < -0.39 is 47.8 Å². The molecule has 39 heavy (non-hydrogen) atoms. The fourth-order valence-electron chi connectivity index (χ4n) is 5.22. The molecule has 0 bridgehead atoms. The number of methoxy groups -OCH3 is 2. The van der Waals surface area contributed by atoms with E-state index in [1.807, 2.05) is 20.8 Å². The highest BCUT2D eigenvalue weighted by Crippen LogP contribution is 2.39. The van der Waals surface area contributed by atoms with Gasteiger partial charge in [-0.2, -0.15) is 0 Å². The lowest BCUT2D eigenvalue weighted by Gasteiger charge is -2.35. The Kier molecular flexibility index (Phi) is 9.82. The quantitative estimate of drug-likeness (QED) is 0.347. The molecular weight excluding hydrogens is 511 g/mol. The van der Waals surface area contributed by atoms with Gasteiger partial charge in [-0.05, 0) is 50.0 Å². The number of ether oxygens (including phenoxy) is 3. The molecule has 3 rings (SSSR count). The van der Waals surface area contributed by atoms with Gasteiger partial charge in [-0.3, -0.25) is 14.4 Å². The highest BCUT2D eigenvalue weighted by atomic mass is 19.1. The number of aliphatic hydroxyl groups is 1. The molecule has 0 radical (unpaired) electrons. The summed E-state index contributed by atoms with van der Waals surface area (Å²) in [4.78, 5) is 37.9. The van der Waals surface area contributed by atoms with Crippen LogP contribution in [0.1, 0.15) is 69.7 Å². The number of hydrogen-bond donors (Lipinski definition) is 4. The van der Waals surface area contributed by atoms with Crippen molar-refractivity contribution in [1.29, 1.82) is 0 Å². The summed E-state index contributed by atoms with van der Waals surface area (Å²) in [6.45, 7) is 6.06. The molecule has 2 saturated carbocycles. The lowest BCUT2D eigenvalue weighted by molar-refractivity contribution is -0.155. The van der Waals surface area contributed by atoms with Gasteiger partial charge in [0.1, 0.15) is 5.75 Å². The van der Waals surface area contributed by atoms with Crippen LogP contribution in [0.15, 0.2) is 12.1 Å². The van der Waals surface area contributed by atoms with Crippen LogP contribution in [0.4, 0.5) is 4.39 Å². The summed E-state index contributed by atoms with van der Waals surface area (Å²) in [6.07, 6.45) is 1.23. The number of hydrogen-bond acceptors (Lipinski definition) is 7. The van der Waals surface area contributed by atoms with Gasteiger partial charge in [0.25, 0.3) is 5.91 Å². The number of halogens is 1. The number of nitrogens with one attached hydrogen (secondary N) is 2.